The summed E-state index contributed by atoms with van der Waals surface area (Å²) in [5.74, 6) is 3.23. The lowest BCUT2D eigenvalue weighted by Crippen LogP contribution is -2.49. The van der Waals surface area contributed by atoms with E-state index in [1.807, 2.05) is 52.2 Å². The summed E-state index contributed by atoms with van der Waals surface area (Å²) in [5.41, 5.74) is 1.49. The lowest BCUT2D eigenvalue weighted by Gasteiger charge is -2.35. The maximum absolute atomic E-state index is 12.8. The Bertz CT molecular complexity index is 1100. The number of piperazine rings is 1. The highest BCUT2D eigenvalue weighted by atomic mass is 32.2. The number of anilines is 1. The number of pyridine rings is 1. The number of fused-ring (bicyclic) bond motifs is 1. The van der Waals surface area contributed by atoms with E-state index in [4.69, 9.17) is 0 Å². The average molecular weight is 483 g/mol. The molecule has 0 saturated carbocycles. The molecule has 9 heteroatoms. The smallest absolute Gasteiger partial charge is 0.233 e. The van der Waals surface area contributed by atoms with Crippen molar-refractivity contribution in [1.82, 2.24) is 24.6 Å². The first-order chi connectivity index (χ1) is 16.1. The number of carbonyl (C=O) groups excluding carboxylic acids is 1. The normalized spacial score (nSPS) is 18.4. The molecule has 1 atom stereocenters. The molecule has 3 aromatic heterocycles. The first-order valence-corrected chi connectivity index (χ1v) is 13.5. The SMILES string of the molecule is CC[C@@H]1CCc2sc(-c3nnc(SCC(=O)N4CCN(c5ccccn5)CC4)n3C)cc2C1. The maximum atomic E-state index is 12.8. The fraction of sp³-hybridized carbons (Fsp3) is 0.500. The summed E-state index contributed by atoms with van der Waals surface area (Å²) < 4.78 is 2.03. The summed E-state index contributed by atoms with van der Waals surface area (Å²) in [6.07, 6.45) is 6.72. The topological polar surface area (TPSA) is 67.2 Å². The average Bonchev–Trinajstić information content (AvgIpc) is 3.45. The Labute approximate surface area is 203 Å². The van der Waals surface area contributed by atoms with E-state index in [1.165, 1.54) is 52.8 Å². The molecule has 2 aliphatic rings. The minimum atomic E-state index is 0.155. The van der Waals surface area contributed by atoms with Crippen LogP contribution in [0, 0.1) is 5.92 Å². The zero-order chi connectivity index (χ0) is 22.8. The summed E-state index contributed by atoms with van der Waals surface area (Å²) in [4.78, 5) is 24.1. The van der Waals surface area contributed by atoms with Crippen LogP contribution in [-0.2, 0) is 24.7 Å². The van der Waals surface area contributed by atoms with Gasteiger partial charge >= 0.3 is 0 Å². The molecule has 3 aromatic rings. The Morgan fingerprint density at radius 2 is 2.06 bits per heavy atom. The summed E-state index contributed by atoms with van der Waals surface area (Å²) >= 11 is 3.33. The van der Waals surface area contributed by atoms with Gasteiger partial charge in [-0.3, -0.25) is 4.79 Å². The van der Waals surface area contributed by atoms with Crippen LogP contribution in [0.4, 0.5) is 5.82 Å². The lowest BCUT2D eigenvalue weighted by atomic mass is 9.87. The highest BCUT2D eigenvalue weighted by Crippen LogP contribution is 2.38. The van der Waals surface area contributed by atoms with Gasteiger partial charge in [0.05, 0.1) is 10.6 Å². The highest BCUT2D eigenvalue weighted by Gasteiger charge is 2.24. The number of aromatic nitrogens is 4. The number of hydrogen-bond acceptors (Lipinski definition) is 7. The molecule has 0 unspecified atom stereocenters. The van der Waals surface area contributed by atoms with Crippen LogP contribution in [0.15, 0.2) is 35.6 Å². The van der Waals surface area contributed by atoms with Crippen LogP contribution in [0.1, 0.15) is 30.2 Å². The standard InChI is InChI=1S/C24H30N6OS2/c1-3-17-7-8-19-18(14-17)15-20(33-19)23-26-27-24(28(23)2)32-16-22(31)30-12-10-29(11-13-30)21-6-4-5-9-25-21/h4-6,9,15,17H,3,7-8,10-14,16H2,1-2H3/t17-/m1/s1. The van der Waals surface area contributed by atoms with Crippen LogP contribution in [0.25, 0.3) is 10.7 Å². The molecule has 174 valence electrons. The summed E-state index contributed by atoms with van der Waals surface area (Å²) in [5, 5.41) is 9.65. The van der Waals surface area contributed by atoms with E-state index in [-0.39, 0.29) is 5.91 Å². The molecule has 4 heterocycles. The molecule has 0 N–H and O–H groups in total. The van der Waals surface area contributed by atoms with E-state index in [9.17, 15) is 4.79 Å². The zero-order valence-corrected chi connectivity index (χ0v) is 20.9. The molecule has 0 radical (unpaired) electrons. The third kappa shape index (κ3) is 4.80. The minimum absolute atomic E-state index is 0.155. The zero-order valence-electron chi connectivity index (χ0n) is 19.2. The van der Waals surface area contributed by atoms with Crippen LogP contribution in [-0.4, -0.2) is 62.5 Å². The largest absolute Gasteiger partial charge is 0.353 e. The molecule has 1 fully saturated rings. The second kappa shape index (κ2) is 9.85. The van der Waals surface area contributed by atoms with Gasteiger partial charge in [-0.05, 0) is 48.9 Å². The molecule has 7 nitrogen and oxygen atoms in total. The molecule has 1 saturated heterocycles. The van der Waals surface area contributed by atoms with Crippen molar-refractivity contribution in [2.24, 2.45) is 13.0 Å². The van der Waals surface area contributed by atoms with E-state index in [2.05, 4.69) is 33.1 Å². The lowest BCUT2D eigenvalue weighted by molar-refractivity contribution is -0.128. The number of thioether (sulfide) groups is 1. The van der Waals surface area contributed by atoms with Gasteiger partial charge in [0.2, 0.25) is 5.91 Å². The van der Waals surface area contributed by atoms with E-state index in [0.29, 0.717) is 5.75 Å². The van der Waals surface area contributed by atoms with Crippen LogP contribution in [0.5, 0.6) is 0 Å². The van der Waals surface area contributed by atoms with Gasteiger partial charge in [0.25, 0.3) is 0 Å². The second-order valence-electron chi connectivity index (χ2n) is 8.79. The van der Waals surface area contributed by atoms with Crippen LogP contribution >= 0.6 is 23.1 Å². The molecular formula is C24H30N6OS2. The maximum Gasteiger partial charge on any atom is 0.233 e. The quantitative estimate of drug-likeness (QED) is 0.497. The Morgan fingerprint density at radius 3 is 2.82 bits per heavy atom. The van der Waals surface area contributed by atoms with Crippen LogP contribution in [0.3, 0.4) is 0 Å². The molecule has 0 bridgehead atoms. The number of rotatable bonds is 6. The van der Waals surface area contributed by atoms with Crippen molar-refractivity contribution < 1.29 is 4.79 Å². The Hall–Kier alpha value is -2.39. The molecular weight excluding hydrogens is 452 g/mol. The molecule has 5 rings (SSSR count). The number of amides is 1. The minimum Gasteiger partial charge on any atom is -0.353 e. The van der Waals surface area contributed by atoms with Gasteiger partial charge < -0.3 is 14.4 Å². The van der Waals surface area contributed by atoms with Gasteiger partial charge in [-0.15, -0.1) is 21.5 Å². The van der Waals surface area contributed by atoms with Crippen molar-refractivity contribution in [1.29, 1.82) is 0 Å². The Balaban J connectivity index is 1.17. The first-order valence-electron chi connectivity index (χ1n) is 11.7. The fourth-order valence-corrected chi connectivity index (χ4v) is 6.70. The second-order valence-corrected chi connectivity index (χ2v) is 10.9. The number of nitrogens with zero attached hydrogens (tertiary/aromatic N) is 6. The molecule has 0 aromatic carbocycles. The molecule has 33 heavy (non-hydrogen) atoms. The Kier molecular flexibility index (Phi) is 6.69. The van der Waals surface area contributed by atoms with Crippen molar-refractivity contribution in [3.63, 3.8) is 0 Å². The molecule has 1 amide bonds. The van der Waals surface area contributed by atoms with Gasteiger partial charge in [0, 0.05) is 44.3 Å². The Morgan fingerprint density at radius 1 is 1.21 bits per heavy atom. The third-order valence-electron chi connectivity index (χ3n) is 6.75. The molecule has 1 aliphatic heterocycles. The molecule has 0 spiro atoms. The van der Waals surface area contributed by atoms with Crippen molar-refractivity contribution in [2.45, 2.75) is 37.8 Å². The van der Waals surface area contributed by atoms with Crippen LogP contribution in [0.2, 0.25) is 0 Å². The van der Waals surface area contributed by atoms with Gasteiger partial charge in [-0.1, -0.05) is 31.2 Å². The first kappa shape index (κ1) is 22.4. The van der Waals surface area contributed by atoms with Gasteiger partial charge in [-0.2, -0.15) is 0 Å². The number of carbonyl (C=O) groups is 1. The summed E-state index contributed by atoms with van der Waals surface area (Å²) in [6.45, 7) is 5.35. The van der Waals surface area contributed by atoms with Gasteiger partial charge in [-0.25, -0.2) is 4.98 Å². The molecule has 1 aliphatic carbocycles. The van der Waals surface area contributed by atoms with Crippen molar-refractivity contribution in [3.8, 4) is 10.7 Å². The predicted octanol–water partition coefficient (Wildman–Crippen LogP) is 3.89. The number of aryl methyl sites for hydroxylation is 1. The fourth-order valence-electron chi connectivity index (χ4n) is 4.66. The summed E-state index contributed by atoms with van der Waals surface area (Å²) in [7, 11) is 2.00. The highest BCUT2D eigenvalue weighted by molar-refractivity contribution is 7.99. The predicted molar refractivity (Wildman–Crippen MR) is 134 cm³/mol. The van der Waals surface area contributed by atoms with Crippen molar-refractivity contribution in [3.05, 3.63) is 40.9 Å². The van der Waals surface area contributed by atoms with E-state index in [1.54, 1.807) is 0 Å². The van der Waals surface area contributed by atoms with E-state index >= 15 is 0 Å². The third-order valence-corrected chi connectivity index (χ3v) is 8.99. The van der Waals surface area contributed by atoms with E-state index in [0.717, 1.165) is 48.9 Å². The van der Waals surface area contributed by atoms with Crippen LogP contribution < -0.4 is 4.90 Å². The van der Waals surface area contributed by atoms with E-state index < -0.39 is 0 Å². The van der Waals surface area contributed by atoms with Gasteiger partial charge in [0.1, 0.15) is 5.82 Å². The van der Waals surface area contributed by atoms with Gasteiger partial charge in [0.15, 0.2) is 11.0 Å². The summed E-state index contributed by atoms with van der Waals surface area (Å²) in [6, 6.07) is 8.25. The van der Waals surface area contributed by atoms with Crippen molar-refractivity contribution in [2.75, 3.05) is 36.8 Å². The monoisotopic (exact) mass is 482 g/mol. The number of hydrogen-bond donors (Lipinski definition) is 0. The number of thiophene rings is 1. The van der Waals surface area contributed by atoms with Crippen molar-refractivity contribution >= 4 is 34.8 Å².